The summed E-state index contributed by atoms with van der Waals surface area (Å²) >= 11 is 1.79. The van der Waals surface area contributed by atoms with Crippen LogP contribution in [0.2, 0.25) is 0 Å². The summed E-state index contributed by atoms with van der Waals surface area (Å²) in [4.78, 5) is 44.2. The van der Waals surface area contributed by atoms with Gasteiger partial charge in [0.05, 0.1) is 17.5 Å². The summed E-state index contributed by atoms with van der Waals surface area (Å²) in [5.41, 5.74) is 4.07. The van der Waals surface area contributed by atoms with Gasteiger partial charge in [-0.05, 0) is 55.0 Å². The molecule has 1 saturated heterocycles. The van der Waals surface area contributed by atoms with Crippen molar-refractivity contribution in [1.82, 2.24) is 14.7 Å². The first-order valence-corrected chi connectivity index (χ1v) is 13.4. The largest absolute Gasteiger partial charge is 0.338 e. The molecule has 2 aliphatic heterocycles. The molecule has 0 spiro atoms. The van der Waals surface area contributed by atoms with Crippen LogP contribution < -0.4 is 0 Å². The zero-order valence-corrected chi connectivity index (χ0v) is 21.8. The molecule has 0 N–H and O–H groups in total. The number of hydrogen-bond donors (Lipinski definition) is 0. The third-order valence-corrected chi connectivity index (χ3v) is 8.36. The minimum absolute atomic E-state index is 0.0451. The average molecular weight is 519 g/mol. The fourth-order valence-electron chi connectivity index (χ4n) is 5.33. The van der Waals surface area contributed by atoms with Gasteiger partial charge < -0.3 is 9.80 Å². The maximum Gasteiger partial charge on any atom is 0.269 e. The number of fused-ring (bicyclic) bond motifs is 1. The number of carbonyl (C=O) groups excluding carboxylic acids is 2. The summed E-state index contributed by atoms with van der Waals surface area (Å²) in [6, 6.07) is 16.3. The van der Waals surface area contributed by atoms with Crippen molar-refractivity contribution in [2.24, 2.45) is 0 Å². The Hall–Kier alpha value is -3.56. The van der Waals surface area contributed by atoms with E-state index in [-0.39, 0.29) is 29.6 Å². The molecule has 0 aliphatic carbocycles. The van der Waals surface area contributed by atoms with Crippen molar-refractivity contribution in [3.63, 3.8) is 0 Å². The number of amides is 2. The number of rotatable bonds is 5. The van der Waals surface area contributed by atoms with E-state index in [1.54, 1.807) is 16.2 Å². The Labute approximate surface area is 220 Å². The van der Waals surface area contributed by atoms with Crippen LogP contribution >= 0.6 is 11.3 Å². The smallest absolute Gasteiger partial charge is 0.269 e. The Balaban J connectivity index is 1.26. The number of aryl methyl sites for hydroxylation is 1. The quantitative estimate of drug-likeness (QED) is 0.372. The third kappa shape index (κ3) is 5.14. The number of carbonyl (C=O) groups is 2. The maximum absolute atomic E-state index is 13.5. The Morgan fingerprint density at radius 2 is 1.76 bits per heavy atom. The van der Waals surface area contributed by atoms with Gasteiger partial charge in [-0.1, -0.05) is 29.8 Å². The van der Waals surface area contributed by atoms with Gasteiger partial charge in [0.25, 0.3) is 11.6 Å². The molecule has 1 fully saturated rings. The second-order valence-corrected chi connectivity index (χ2v) is 10.8. The molecule has 3 heterocycles. The van der Waals surface area contributed by atoms with Crippen LogP contribution in [0.15, 0.2) is 60.0 Å². The van der Waals surface area contributed by atoms with Gasteiger partial charge in [-0.2, -0.15) is 0 Å². The van der Waals surface area contributed by atoms with Crippen LogP contribution in [0.4, 0.5) is 5.69 Å². The molecule has 1 aromatic heterocycles. The molecule has 2 atom stereocenters. The van der Waals surface area contributed by atoms with Gasteiger partial charge >= 0.3 is 0 Å². The van der Waals surface area contributed by atoms with Gasteiger partial charge in [-0.25, -0.2) is 0 Å². The Bertz CT molecular complexity index is 1300. The molecule has 37 heavy (non-hydrogen) atoms. The first-order valence-electron chi connectivity index (χ1n) is 12.5. The highest BCUT2D eigenvalue weighted by Crippen LogP contribution is 2.37. The molecule has 2 unspecified atom stereocenters. The highest BCUT2D eigenvalue weighted by atomic mass is 32.1. The fourth-order valence-corrected chi connectivity index (χ4v) is 6.23. The summed E-state index contributed by atoms with van der Waals surface area (Å²) in [7, 11) is 0. The molecule has 0 saturated carbocycles. The van der Waals surface area contributed by atoms with E-state index >= 15 is 0 Å². The van der Waals surface area contributed by atoms with E-state index in [0.717, 1.165) is 13.0 Å². The van der Waals surface area contributed by atoms with E-state index in [1.807, 2.05) is 11.8 Å². The van der Waals surface area contributed by atoms with Crippen molar-refractivity contribution in [1.29, 1.82) is 0 Å². The van der Waals surface area contributed by atoms with E-state index in [1.165, 1.54) is 45.8 Å². The van der Waals surface area contributed by atoms with Crippen LogP contribution in [-0.4, -0.2) is 70.2 Å². The minimum Gasteiger partial charge on any atom is -0.338 e. The predicted molar refractivity (Wildman–Crippen MR) is 143 cm³/mol. The zero-order chi connectivity index (χ0) is 26.1. The second kappa shape index (κ2) is 10.4. The van der Waals surface area contributed by atoms with Crippen LogP contribution in [0.5, 0.6) is 0 Å². The van der Waals surface area contributed by atoms with Crippen LogP contribution in [0.3, 0.4) is 0 Å². The zero-order valence-electron chi connectivity index (χ0n) is 21.0. The molecule has 8 nitrogen and oxygen atoms in total. The number of nitro groups is 1. The molecule has 3 aromatic rings. The molecule has 2 aromatic carbocycles. The van der Waals surface area contributed by atoms with Crippen LogP contribution in [0.25, 0.3) is 0 Å². The first-order chi connectivity index (χ1) is 17.8. The van der Waals surface area contributed by atoms with E-state index in [9.17, 15) is 19.7 Å². The van der Waals surface area contributed by atoms with Gasteiger partial charge in [0, 0.05) is 54.8 Å². The summed E-state index contributed by atoms with van der Waals surface area (Å²) in [6.45, 7) is 6.53. The maximum atomic E-state index is 13.5. The van der Waals surface area contributed by atoms with Gasteiger partial charge in [-0.3, -0.25) is 24.6 Å². The predicted octanol–water partition coefficient (Wildman–Crippen LogP) is 4.29. The third-order valence-electron chi connectivity index (χ3n) is 7.36. The summed E-state index contributed by atoms with van der Waals surface area (Å²) in [5, 5.41) is 13.0. The van der Waals surface area contributed by atoms with Gasteiger partial charge in [0.1, 0.15) is 0 Å². The Kier molecular flexibility index (Phi) is 7.08. The first kappa shape index (κ1) is 25.1. The Morgan fingerprint density at radius 3 is 2.43 bits per heavy atom. The molecular weight excluding hydrogens is 488 g/mol. The molecule has 9 heteroatoms. The van der Waals surface area contributed by atoms with Crippen molar-refractivity contribution in [3.05, 3.63) is 97.2 Å². The number of benzene rings is 2. The van der Waals surface area contributed by atoms with Gasteiger partial charge in [-0.15, -0.1) is 11.3 Å². The topological polar surface area (TPSA) is 87.0 Å². The van der Waals surface area contributed by atoms with Crippen LogP contribution in [-0.2, 0) is 11.2 Å². The molecule has 0 bridgehead atoms. The molecular formula is C28H30N4O4S. The lowest BCUT2D eigenvalue weighted by atomic mass is 9.92. The minimum atomic E-state index is -0.480. The lowest BCUT2D eigenvalue weighted by Gasteiger charge is -2.42. The lowest BCUT2D eigenvalue weighted by molar-refractivity contribution is -0.384. The molecule has 5 rings (SSSR count). The lowest BCUT2D eigenvalue weighted by Crippen LogP contribution is -2.57. The van der Waals surface area contributed by atoms with Crippen molar-refractivity contribution in [2.75, 3.05) is 32.7 Å². The SMILES string of the molecule is Cc1ccc(C2c3ccsc3CCN2CC(=O)N2CCN(C(=O)c3ccc([N+](=O)[O-])cc3)C(C)C2)cc1. The summed E-state index contributed by atoms with van der Waals surface area (Å²) in [6.07, 6.45) is 0.941. The number of non-ortho nitro benzene ring substituents is 1. The second-order valence-electron chi connectivity index (χ2n) is 9.82. The summed E-state index contributed by atoms with van der Waals surface area (Å²) in [5.74, 6) is -0.0972. The van der Waals surface area contributed by atoms with Crippen molar-refractivity contribution < 1.29 is 14.5 Å². The number of nitro benzene ring substituents is 1. The Morgan fingerprint density at radius 1 is 1.03 bits per heavy atom. The van der Waals surface area contributed by atoms with Crippen molar-refractivity contribution >= 4 is 28.8 Å². The van der Waals surface area contributed by atoms with E-state index in [4.69, 9.17) is 0 Å². The molecule has 2 aliphatic rings. The number of nitrogens with zero attached hydrogens (tertiary/aromatic N) is 4. The highest BCUT2D eigenvalue weighted by molar-refractivity contribution is 7.10. The molecule has 2 amide bonds. The number of piperazine rings is 1. The fraction of sp³-hybridized carbons (Fsp3) is 0.357. The van der Waals surface area contributed by atoms with Gasteiger partial charge in [0.2, 0.25) is 5.91 Å². The van der Waals surface area contributed by atoms with Crippen molar-refractivity contribution in [2.45, 2.75) is 32.4 Å². The van der Waals surface area contributed by atoms with E-state index < -0.39 is 4.92 Å². The van der Waals surface area contributed by atoms with Gasteiger partial charge in [0.15, 0.2) is 0 Å². The van der Waals surface area contributed by atoms with Crippen LogP contribution in [0, 0.1) is 17.0 Å². The van der Waals surface area contributed by atoms with Crippen molar-refractivity contribution in [3.8, 4) is 0 Å². The normalized spacial score (nSPS) is 19.9. The summed E-state index contributed by atoms with van der Waals surface area (Å²) < 4.78 is 0. The highest BCUT2D eigenvalue weighted by Gasteiger charge is 2.34. The van der Waals surface area contributed by atoms with Crippen LogP contribution in [0.1, 0.15) is 44.9 Å². The number of hydrogen-bond acceptors (Lipinski definition) is 6. The standard InChI is InChI=1S/C28H30N4O4S/c1-19-3-5-21(6-4-19)27-24-12-16-37-25(24)11-13-30(27)18-26(33)29-14-15-31(20(2)17-29)28(34)22-7-9-23(10-8-22)32(35)36/h3-10,12,16,20,27H,11,13-15,17-18H2,1-2H3. The monoisotopic (exact) mass is 518 g/mol. The van der Waals surface area contributed by atoms with E-state index in [0.29, 0.717) is 31.7 Å². The van der Waals surface area contributed by atoms with E-state index in [2.05, 4.69) is 47.5 Å². The average Bonchev–Trinajstić information content (AvgIpc) is 3.38. The molecule has 0 radical (unpaired) electrons. The number of thiophene rings is 1. The molecule has 192 valence electrons.